The molecule has 43 heavy (non-hydrogen) atoms. The normalized spacial score (nSPS) is 11.1. The van der Waals surface area contributed by atoms with Crippen LogP contribution in [-0.2, 0) is 19.6 Å². The standard InChI is InChI=1S/C32H32N4O6S/c1-23-13-14-24(2)29(19-23)36(43(39,40)27-9-5-4-6-10-27)21-31(37)35-33-20-25-15-17-26(18-16-25)42-22-32(38)34-28-11-7-8-12-30(28)41-3/h4-20H,21-22H2,1-3H3,(H,34,38)(H,35,37)/b33-20-. The monoisotopic (exact) mass is 600 g/mol. The zero-order chi connectivity index (χ0) is 30.8. The van der Waals surface area contributed by atoms with E-state index in [1.54, 1.807) is 79.7 Å². The second kappa shape index (κ2) is 14.1. The molecular formula is C32H32N4O6S. The molecule has 0 saturated carbocycles. The maximum absolute atomic E-state index is 13.5. The van der Waals surface area contributed by atoms with Crippen molar-refractivity contribution in [2.24, 2.45) is 5.10 Å². The third kappa shape index (κ3) is 8.20. The smallest absolute Gasteiger partial charge is 0.264 e. The first kappa shape index (κ1) is 30.8. The minimum atomic E-state index is -4.03. The highest BCUT2D eigenvalue weighted by atomic mass is 32.2. The summed E-state index contributed by atoms with van der Waals surface area (Å²) in [6, 6.07) is 27.2. The molecule has 0 aliphatic rings. The molecule has 0 bridgehead atoms. The number of aryl methyl sites for hydroxylation is 2. The van der Waals surface area contributed by atoms with Gasteiger partial charge in [0.15, 0.2) is 6.61 Å². The van der Waals surface area contributed by atoms with Crippen LogP contribution in [0.15, 0.2) is 107 Å². The number of sulfonamides is 1. The predicted octanol–water partition coefficient (Wildman–Crippen LogP) is 4.68. The third-order valence-corrected chi connectivity index (χ3v) is 8.06. The SMILES string of the molecule is COc1ccccc1NC(=O)COc1ccc(/C=N\NC(=O)CN(c2cc(C)ccc2C)S(=O)(=O)c2ccccc2)cc1. The summed E-state index contributed by atoms with van der Waals surface area (Å²) in [5.41, 5.74) is 5.58. The number of para-hydroxylation sites is 2. The van der Waals surface area contributed by atoms with Crippen LogP contribution >= 0.6 is 0 Å². The Kier molecular flexibility index (Phi) is 10.1. The van der Waals surface area contributed by atoms with Crippen LogP contribution in [0.25, 0.3) is 0 Å². The number of nitrogens with zero attached hydrogens (tertiary/aromatic N) is 2. The van der Waals surface area contributed by atoms with Crippen molar-refractivity contribution in [3.63, 3.8) is 0 Å². The van der Waals surface area contributed by atoms with E-state index in [2.05, 4.69) is 15.8 Å². The van der Waals surface area contributed by atoms with E-state index >= 15 is 0 Å². The van der Waals surface area contributed by atoms with Gasteiger partial charge in [0, 0.05) is 0 Å². The van der Waals surface area contributed by atoms with Crippen LogP contribution in [0.3, 0.4) is 0 Å². The number of methoxy groups -OCH3 is 1. The lowest BCUT2D eigenvalue weighted by Gasteiger charge is -2.25. The van der Waals surface area contributed by atoms with Gasteiger partial charge in [0.25, 0.3) is 21.8 Å². The average molecular weight is 601 g/mol. The van der Waals surface area contributed by atoms with Crippen molar-refractivity contribution in [3.8, 4) is 11.5 Å². The maximum atomic E-state index is 13.5. The molecule has 0 saturated heterocycles. The molecule has 2 amide bonds. The summed E-state index contributed by atoms with van der Waals surface area (Å²) in [5.74, 6) is 0.0498. The van der Waals surface area contributed by atoms with Gasteiger partial charge < -0.3 is 14.8 Å². The number of carbonyl (C=O) groups is 2. The van der Waals surface area contributed by atoms with Crippen molar-refractivity contribution < 1.29 is 27.5 Å². The van der Waals surface area contributed by atoms with Gasteiger partial charge >= 0.3 is 0 Å². The number of ether oxygens (including phenoxy) is 2. The Bertz CT molecular complexity index is 1710. The van der Waals surface area contributed by atoms with Crippen molar-refractivity contribution >= 4 is 39.4 Å². The maximum Gasteiger partial charge on any atom is 0.264 e. The van der Waals surface area contributed by atoms with Crippen LogP contribution in [0.4, 0.5) is 11.4 Å². The number of amides is 2. The van der Waals surface area contributed by atoms with E-state index < -0.39 is 22.5 Å². The summed E-state index contributed by atoms with van der Waals surface area (Å²) in [7, 11) is -2.51. The van der Waals surface area contributed by atoms with Crippen molar-refractivity contribution in [2.45, 2.75) is 18.7 Å². The lowest BCUT2D eigenvalue weighted by atomic mass is 10.1. The average Bonchev–Trinajstić information content (AvgIpc) is 3.01. The zero-order valence-electron chi connectivity index (χ0n) is 24.0. The summed E-state index contributed by atoms with van der Waals surface area (Å²) in [6.07, 6.45) is 1.42. The summed E-state index contributed by atoms with van der Waals surface area (Å²) in [5, 5.41) is 6.73. The van der Waals surface area contributed by atoms with Crippen molar-refractivity contribution in [3.05, 3.63) is 114 Å². The molecule has 4 aromatic rings. The third-order valence-electron chi connectivity index (χ3n) is 6.29. The highest BCUT2D eigenvalue weighted by Gasteiger charge is 2.28. The number of carbonyl (C=O) groups excluding carboxylic acids is 2. The van der Waals surface area contributed by atoms with Gasteiger partial charge in [-0.3, -0.25) is 13.9 Å². The number of hydrogen-bond acceptors (Lipinski definition) is 7. The molecule has 222 valence electrons. The van der Waals surface area contributed by atoms with E-state index in [9.17, 15) is 18.0 Å². The Balaban J connectivity index is 1.36. The second-order valence-corrected chi connectivity index (χ2v) is 11.4. The molecule has 0 aliphatic carbocycles. The summed E-state index contributed by atoms with van der Waals surface area (Å²) in [4.78, 5) is 25.2. The van der Waals surface area contributed by atoms with Gasteiger partial charge in [0.05, 0.1) is 29.6 Å². The van der Waals surface area contributed by atoms with Crippen molar-refractivity contribution in [1.82, 2.24) is 5.43 Å². The number of anilines is 2. The number of hydrogen-bond donors (Lipinski definition) is 2. The Morgan fingerprint density at radius 2 is 1.58 bits per heavy atom. The fourth-order valence-electron chi connectivity index (χ4n) is 4.09. The molecule has 0 spiro atoms. The first-order valence-corrected chi connectivity index (χ1v) is 14.7. The molecule has 11 heteroatoms. The Morgan fingerprint density at radius 1 is 0.884 bits per heavy atom. The van der Waals surface area contributed by atoms with E-state index in [0.717, 1.165) is 9.87 Å². The summed E-state index contributed by atoms with van der Waals surface area (Å²) in [6.45, 7) is 2.97. The molecule has 0 fully saturated rings. The van der Waals surface area contributed by atoms with Gasteiger partial charge in [0.2, 0.25) is 0 Å². The van der Waals surface area contributed by atoms with E-state index in [1.165, 1.54) is 25.5 Å². The Morgan fingerprint density at radius 3 is 2.30 bits per heavy atom. The van der Waals surface area contributed by atoms with Crippen LogP contribution in [0.5, 0.6) is 11.5 Å². The molecular weight excluding hydrogens is 568 g/mol. The van der Waals surface area contributed by atoms with Gasteiger partial charge in [0.1, 0.15) is 18.0 Å². The Hall–Kier alpha value is -5.16. The molecule has 4 rings (SSSR count). The van der Waals surface area contributed by atoms with E-state index in [4.69, 9.17) is 9.47 Å². The van der Waals surface area contributed by atoms with Crippen molar-refractivity contribution in [2.75, 3.05) is 29.9 Å². The van der Waals surface area contributed by atoms with Crippen LogP contribution < -0.4 is 24.5 Å². The van der Waals surface area contributed by atoms with Crippen LogP contribution in [0.2, 0.25) is 0 Å². The minimum Gasteiger partial charge on any atom is -0.495 e. The second-order valence-electron chi connectivity index (χ2n) is 9.51. The summed E-state index contributed by atoms with van der Waals surface area (Å²) < 4.78 is 38.9. The van der Waals surface area contributed by atoms with Crippen molar-refractivity contribution in [1.29, 1.82) is 0 Å². The quantitative estimate of drug-likeness (QED) is 0.180. The van der Waals surface area contributed by atoms with E-state index in [0.29, 0.717) is 34.0 Å². The van der Waals surface area contributed by atoms with Gasteiger partial charge in [-0.1, -0.05) is 42.5 Å². The number of rotatable bonds is 12. The lowest BCUT2D eigenvalue weighted by Crippen LogP contribution is -2.40. The molecule has 4 aromatic carbocycles. The lowest BCUT2D eigenvalue weighted by molar-refractivity contribution is -0.119. The number of hydrazone groups is 1. The highest BCUT2D eigenvalue weighted by Crippen LogP contribution is 2.28. The van der Waals surface area contributed by atoms with E-state index in [-0.39, 0.29) is 17.4 Å². The predicted molar refractivity (Wildman–Crippen MR) is 166 cm³/mol. The van der Waals surface area contributed by atoms with Gasteiger partial charge in [-0.25, -0.2) is 13.8 Å². The molecule has 0 aliphatic heterocycles. The zero-order valence-corrected chi connectivity index (χ0v) is 24.8. The molecule has 0 heterocycles. The van der Waals surface area contributed by atoms with Crippen LogP contribution in [0, 0.1) is 13.8 Å². The molecule has 2 N–H and O–H groups in total. The van der Waals surface area contributed by atoms with Crippen LogP contribution in [0.1, 0.15) is 16.7 Å². The summed E-state index contributed by atoms with van der Waals surface area (Å²) >= 11 is 0. The highest BCUT2D eigenvalue weighted by molar-refractivity contribution is 7.92. The molecule has 0 atom stereocenters. The van der Waals surface area contributed by atoms with Crippen LogP contribution in [-0.4, -0.2) is 46.7 Å². The van der Waals surface area contributed by atoms with Gasteiger partial charge in [-0.2, -0.15) is 5.10 Å². The number of benzene rings is 4. The Labute approximate surface area is 251 Å². The minimum absolute atomic E-state index is 0.0757. The fraction of sp³-hybridized carbons (Fsp3) is 0.156. The largest absolute Gasteiger partial charge is 0.495 e. The molecule has 10 nitrogen and oxygen atoms in total. The van der Waals surface area contributed by atoms with Gasteiger partial charge in [-0.05, 0) is 85.1 Å². The molecule has 0 unspecified atom stereocenters. The topological polar surface area (TPSA) is 126 Å². The molecule has 0 aromatic heterocycles. The fourth-order valence-corrected chi connectivity index (χ4v) is 5.58. The molecule has 0 radical (unpaired) electrons. The first-order chi connectivity index (χ1) is 20.7. The first-order valence-electron chi connectivity index (χ1n) is 13.3. The van der Waals surface area contributed by atoms with Gasteiger partial charge in [-0.15, -0.1) is 0 Å². The van der Waals surface area contributed by atoms with E-state index in [1.807, 2.05) is 19.1 Å². The number of nitrogens with one attached hydrogen (secondary N) is 2.